The van der Waals surface area contributed by atoms with Crippen molar-refractivity contribution in [1.29, 1.82) is 0 Å². The standard InChI is InChI=1S/C25H43NO3/c27-24-21-14-8-7-13-20(21)23(29-16-15-18-9-3-1-4-10-18)17-22(24)25(28)26-19-11-5-2-6-12-19/h18-24,27H,1-17H2,(H,26,28). The number of hydrogen-bond acceptors (Lipinski definition) is 3. The summed E-state index contributed by atoms with van der Waals surface area (Å²) >= 11 is 0. The maximum atomic E-state index is 13.1. The van der Waals surface area contributed by atoms with E-state index in [0.717, 1.165) is 38.2 Å². The summed E-state index contributed by atoms with van der Waals surface area (Å²) in [5, 5.41) is 14.4. The Hall–Kier alpha value is -0.610. The first kappa shape index (κ1) is 21.6. The number of hydrogen-bond donors (Lipinski definition) is 2. The van der Waals surface area contributed by atoms with E-state index in [-0.39, 0.29) is 23.8 Å². The van der Waals surface area contributed by atoms with E-state index in [4.69, 9.17) is 4.74 Å². The second-order valence-corrected chi connectivity index (χ2v) is 10.5. The topological polar surface area (TPSA) is 58.6 Å². The first-order chi connectivity index (χ1) is 14.2. The van der Waals surface area contributed by atoms with E-state index in [1.165, 1.54) is 70.6 Å². The van der Waals surface area contributed by atoms with Gasteiger partial charge in [0, 0.05) is 12.6 Å². The van der Waals surface area contributed by atoms with Crippen LogP contribution in [-0.2, 0) is 9.53 Å². The molecule has 166 valence electrons. The molecular formula is C25H43NO3. The van der Waals surface area contributed by atoms with Gasteiger partial charge in [0.1, 0.15) is 0 Å². The predicted molar refractivity (Wildman–Crippen MR) is 116 cm³/mol. The van der Waals surface area contributed by atoms with Gasteiger partial charge in [-0.1, -0.05) is 64.2 Å². The summed E-state index contributed by atoms with van der Waals surface area (Å²) < 4.78 is 6.48. The van der Waals surface area contributed by atoms with Crippen LogP contribution in [0.3, 0.4) is 0 Å². The van der Waals surface area contributed by atoms with Gasteiger partial charge in [-0.3, -0.25) is 4.79 Å². The molecule has 4 rings (SSSR count). The lowest BCUT2D eigenvalue weighted by Gasteiger charge is -2.47. The van der Waals surface area contributed by atoms with Crippen LogP contribution in [0.5, 0.6) is 0 Å². The minimum atomic E-state index is -0.484. The van der Waals surface area contributed by atoms with E-state index in [2.05, 4.69) is 5.32 Å². The first-order valence-electron chi connectivity index (χ1n) is 12.8. The summed E-state index contributed by atoms with van der Waals surface area (Å²) in [6.07, 6.45) is 19.0. The van der Waals surface area contributed by atoms with E-state index in [9.17, 15) is 9.90 Å². The molecule has 29 heavy (non-hydrogen) atoms. The Labute approximate surface area is 177 Å². The fourth-order valence-corrected chi connectivity index (χ4v) is 6.81. The Balaban J connectivity index is 1.34. The fraction of sp³-hybridized carbons (Fsp3) is 0.960. The zero-order valence-electron chi connectivity index (χ0n) is 18.3. The van der Waals surface area contributed by atoms with Crippen molar-refractivity contribution in [3.05, 3.63) is 0 Å². The number of aliphatic hydroxyl groups is 1. The number of aliphatic hydroxyl groups excluding tert-OH is 1. The summed E-state index contributed by atoms with van der Waals surface area (Å²) in [4.78, 5) is 13.1. The molecule has 5 unspecified atom stereocenters. The van der Waals surface area contributed by atoms with Gasteiger partial charge >= 0.3 is 0 Å². The zero-order valence-corrected chi connectivity index (χ0v) is 18.3. The van der Waals surface area contributed by atoms with Crippen LogP contribution in [0.4, 0.5) is 0 Å². The lowest BCUT2D eigenvalue weighted by atomic mass is 9.64. The van der Waals surface area contributed by atoms with Crippen LogP contribution >= 0.6 is 0 Å². The molecule has 4 aliphatic carbocycles. The van der Waals surface area contributed by atoms with Crippen LogP contribution in [0.15, 0.2) is 0 Å². The monoisotopic (exact) mass is 405 g/mol. The van der Waals surface area contributed by atoms with E-state index < -0.39 is 6.10 Å². The summed E-state index contributed by atoms with van der Waals surface area (Å²) in [7, 11) is 0. The number of ether oxygens (including phenoxy) is 1. The van der Waals surface area contributed by atoms with Gasteiger partial charge < -0.3 is 15.2 Å². The van der Waals surface area contributed by atoms with Crippen molar-refractivity contribution in [2.24, 2.45) is 23.7 Å². The molecule has 4 aliphatic rings. The highest BCUT2D eigenvalue weighted by Crippen LogP contribution is 2.44. The van der Waals surface area contributed by atoms with E-state index in [1.54, 1.807) is 0 Å². The number of rotatable bonds is 6. The number of nitrogens with one attached hydrogen (secondary N) is 1. The molecule has 0 aromatic heterocycles. The summed E-state index contributed by atoms with van der Waals surface area (Å²) in [5.74, 6) is 1.35. The number of carbonyl (C=O) groups is 1. The van der Waals surface area contributed by atoms with E-state index in [0.29, 0.717) is 18.4 Å². The van der Waals surface area contributed by atoms with Crippen molar-refractivity contribution in [2.45, 2.75) is 121 Å². The molecule has 0 heterocycles. The molecule has 4 fully saturated rings. The third-order valence-corrected chi connectivity index (χ3v) is 8.56. The van der Waals surface area contributed by atoms with Gasteiger partial charge in [0.2, 0.25) is 5.91 Å². The summed E-state index contributed by atoms with van der Waals surface area (Å²) in [5.41, 5.74) is 0. The average Bonchev–Trinajstić information content (AvgIpc) is 2.77. The third kappa shape index (κ3) is 5.55. The smallest absolute Gasteiger partial charge is 0.226 e. The molecule has 0 aromatic rings. The molecule has 2 N–H and O–H groups in total. The number of carbonyl (C=O) groups excluding carboxylic acids is 1. The van der Waals surface area contributed by atoms with E-state index >= 15 is 0 Å². The number of amides is 1. The predicted octanol–water partition coefficient (Wildman–Crippen LogP) is 4.98. The maximum absolute atomic E-state index is 13.1. The van der Waals surface area contributed by atoms with Gasteiger partial charge in [0.25, 0.3) is 0 Å². The highest BCUT2D eigenvalue weighted by molar-refractivity contribution is 5.79. The molecule has 4 saturated carbocycles. The highest BCUT2D eigenvalue weighted by Gasteiger charge is 2.47. The molecule has 4 heteroatoms. The number of fused-ring (bicyclic) bond motifs is 1. The van der Waals surface area contributed by atoms with E-state index in [1.807, 2.05) is 0 Å². The molecular weight excluding hydrogens is 362 g/mol. The van der Waals surface area contributed by atoms with Crippen LogP contribution < -0.4 is 5.32 Å². The van der Waals surface area contributed by atoms with Crippen molar-refractivity contribution in [2.75, 3.05) is 6.61 Å². The van der Waals surface area contributed by atoms with Crippen LogP contribution in [0, 0.1) is 23.7 Å². The van der Waals surface area contributed by atoms with Crippen molar-refractivity contribution in [1.82, 2.24) is 5.32 Å². The van der Waals surface area contributed by atoms with Gasteiger partial charge in [-0.25, -0.2) is 0 Å². The third-order valence-electron chi connectivity index (χ3n) is 8.56. The zero-order chi connectivity index (χ0) is 20.1. The molecule has 0 saturated heterocycles. The van der Waals surface area contributed by atoms with Crippen LogP contribution in [0.1, 0.15) is 103 Å². The molecule has 0 radical (unpaired) electrons. The minimum absolute atomic E-state index is 0.0919. The first-order valence-corrected chi connectivity index (χ1v) is 12.8. The van der Waals surface area contributed by atoms with Gasteiger partial charge in [-0.2, -0.15) is 0 Å². The lowest BCUT2D eigenvalue weighted by molar-refractivity contribution is -0.150. The van der Waals surface area contributed by atoms with Gasteiger partial charge in [0.05, 0.1) is 18.1 Å². The summed E-state index contributed by atoms with van der Waals surface area (Å²) in [6, 6.07) is 0.318. The van der Waals surface area contributed by atoms with Crippen molar-refractivity contribution in [3.63, 3.8) is 0 Å². The normalized spacial score (nSPS) is 37.1. The Morgan fingerprint density at radius 2 is 1.45 bits per heavy atom. The molecule has 0 aromatic carbocycles. The molecule has 1 amide bonds. The van der Waals surface area contributed by atoms with Crippen LogP contribution in [0.25, 0.3) is 0 Å². The van der Waals surface area contributed by atoms with Crippen molar-refractivity contribution >= 4 is 5.91 Å². The highest BCUT2D eigenvalue weighted by atomic mass is 16.5. The SMILES string of the molecule is O=C(NC1CCCCC1)C1CC(OCCC2CCCCC2)C2CCCCC2C1O. The second kappa shape index (κ2) is 10.6. The van der Waals surface area contributed by atoms with Gasteiger partial charge in [0.15, 0.2) is 0 Å². The summed E-state index contributed by atoms with van der Waals surface area (Å²) in [6.45, 7) is 0.839. The molecule has 4 nitrogen and oxygen atoms in total. The quantitative estimate of drug-likeness (QED) is 0.655. The van der Waals surface area contributed by atoms with Crippen molar-refractivity contribution < 1.29 is 14.6 Å². The van der Waals surface area contributed by atoms with Crippen LogP contribution in [0.2, 0.25) is 0 Å². The van der Waals surface area contributed by atoms with Gasteiger partial charge in [-0.05, 0) is 56.3 Å². The fourth-order valence-electron chi connectivity index (χ4n) is 6.81. The lowest BCUT2D eigenvalue weighted by Crippen LogP contribution is -2.54. The maximum Gasteiger partial charge on any atom is 0.226 e. The largest absolute Gasteiger partial charge is 0.392 e. The Morgan fingerprint density at radius 1 is 0.828 bits per heavy atom. The van der Waals surface area contributed by atoms with Gasteiger partial charge in [-0.15, -0.1) is 0 Å². The molecule has 0 spiro atoms. The Kier molecular flexibility index (Phi) is 7.91. The van der Waals surface area contributed by atoms with Crippen LogP contribution in [-0.4, -0.2) is 35.9 Å². The Morgan fingerprint density at radius 3 is 2.17 bits per heavy atom. The Bertz CT molecular complexity index is 512. The second-order valence-electron chi connectivity index (χ2n) is 10.5. The average molecular weight is 406 g/mol. The molecule has 0 aliphatic heterocycles. The molecule has 0 bridgehead atoms. The van der Waals surface area contributed by atoms with Crippen molar-refractivity contribution in [3.8, 4) is 0 Å². The molecule has 5 atom stereocenters. The minimum Gasteiger partial charge on any atom is -0.392 e.